The van der Waals surface area contributed by atoms with Crippen molar-refractivity contribution in [2.45, 2.75) is 44.4 Å². The van der Waals surface area contributed by atoms with Gasteiger partial charge >= 0.3 is 5.97 Å². The summed E-state index contributed by atoms with van der Waals surface area (Å²) in [5.74, 6) is -0.632. The third-order valence-electron chi connectivity index (χ3n) is 6.70. The highest BCUT2D eigenvalue weighted by Crippen LogP contribution is 2.59. The third-order valence-corrected chi connectivity index (χ3v) is 6.70. The molecule has 1 atom stereocenters. The van der Waals surface area contributed by atoms with Crippen LogP contribution in [0.4, 0.5) is 8.78 Å². The molecule has 1 aliphatic heterocycles. The highest BCUT2D eigenvalue weighted by molar-refractivity contribution is 5.84. The van der Waals surface area contributed by atoms with Crippen molar-refractivity contribution in [3.63, 3.8) is 0 Å². The molecule has 2 nitrogen and oxygen atoms in total. The van der Waals surface area contributed by atoms with Crippen molar-refractivity contribution >= 4 is 12.0 Å². The molecule has 148 valence electrons. The lowest BCUT2D eigenvalue weighted by molar-refractivity contribution is -0.154. The number of hydrogen-bond donors (Lipinski definition) is 0. The Hall–Kier alpha value is -2.75. The lowest BCUT2D eigenvalue weighted by Crippen LogP contribution is -2.41. The van der Waals surface area contributed by atoms with Crippen LogP contribution < -0.4 is 0 Å². The minimum absolute atomic E-state index is 0.261. The summed E-state index contributed by atoms with van der Waals surface area (Å²) < 4.78 is 34.9. The number of halogens is 2. The van der Waals surface area contributed by atoms with Crippen LogP contribution in [-0.2, 0) is 9.53 Å². The lowest BCUT2D eigenvalue weighted by atomic mass is 9.65. The Bertz CT molecular complexity index is 1040. The Morgan fingerprint density at radius 1 is 0.931 bits per heavy atom. The van der Waals surface area contributed by atoms with Crippen LogP contribution in [-0.4, -0.2) is 5.97 Å². The van der Waals surface area contributed by atoms with Crippen LogP contribution in [0.25, 0.3) is 6.08 Å². The van der Waals surface area contributed by atoms with Gasteiger partial charge in [0.2, 0.25) is 0 Å². The van der Waals surface area contributed by atoms with E-state index in [1.54, 1.807) is 36.4 Å². The van der Waals surface area contributed by atoms with Crippen molar-refractivity contribution in [2.24, 2.45) is 5.41 Å². The summed E-state index contributed by atoms with van der Waals surface area (Å²) >= 11 is 0. The molecule has 1 unspecified atom stereocenters. The second-order valence-corrected chi connectivity index (χ2v) is 8.25. The van der Waals surface area contributed by atoms with Crippen molar-refractivity contribution in [1.82, 2.24) is 0 Å². The van der Waals surface area contributed by atoms with Gasteiger partial charge in [-0.15, -0.1) is 0 Å². The van der Waals surface area contributed by atoms with Gasteiger partial charge in [-0.05, 0) is 60.6 Å². The zero-order valence-corrected chi connectivity index (χ0v) is 16.1. The third kappa shape index (κ3) is 2.85. The van der Waals surface area contributed by atoms with Crippen LogP contribution in [0, 0.1) is 17.0 Å². The molecule has 2 aromatic rings. The quantitative estimate of drug-likeness (QED) is 0.561. The maximum absolute atomic E-state index is 14.9. The van der Waals surface area contributed by atoms with E-state index in [9.17, 15) is 13.6 Å². The predicted octanol–water partition coefficient (Wildman–Crippen LogP) is 6.30. The second kappa shape index (κ2) is 6.94. The predicted molar refractivity (Wildman–Crippen MR) is 107 cm³/mol. The Morgan fingerprint density at radius 2 is 1.62 bits per heavy atom. The van der Waals surface area contributed by atoms with E-state index in [0.717, 1.165) is 24.0 Å². The maximum atomic E-state index is 14.9. The highest BCUT2D eigenvalue weighted by Gasteiger charge is 2.56. The molecule has 2 aliphatic carbocycles. The molecule has 1 heterocycles. The molecule has 5 rings (SSSR count). The maximum Gasteiger partial charge on any atom is 0.318 e. The highest BCUT2D eigenvalue weighted by atomic mass is 19.1. The second-order valence-electron chi connectivity index (χ2n) is 8.25. The van der Waals surface area contributed by atoms with E-state index in [2.05, 4.69) is 0 Å². The first kappa shape index (κ1) is 18.3. The van der Waals surface area contributed by atoms with Gasteiger partial charge in [-0.3, -0.25) is 4.79 Å². The average molecular weight is 392 g/mol. The molecule has 2 aromatic carbocycles. The molecule has 29 heavy (non-hydrogen) atoms. The van der Waals surface area contributed by atoms with E-state index in [-0.39, 0.29) is 23.5 Å². The van der Waals surface area contributed by atoms with Crippen molar-refractivity contribution in [3.05, 3.63) is 88.2 Å². The smallest absolute Gasteiger partial charge is 0.318 e. The normalized spacial score (nSPS) is 24.3. The van der Waals surface area contributed by atoms with Gasteiger partial charge in [0.15, 0.2) is 0 Å². The van der Waals surface area contributed by atoms with Gasteiger partial charge in [0, 0.05) is 11.5 Å². The first-order chi connectivity index (χ1) is 14.1. The molecule has 1 saturated carbocycles. The fourth-order valence-electron chi connectivity index (χ4n) is 5.37. The van der Waals surface area contributed by atoms with Crippen molar-refractivity contribution in [3.8, 4) is 0 Å². The first-order valence-electron chi connectivity index (χ1n) is 10.3. The lowest BCUT2D eigenvalue weighted by Gasteiger charge is -2.40. The summed E-state index contributed by atoms with van der Waals surface area (Å²) in [6, 6.07) is 13.3. The molecule has 1 spiro atoms. The fourth-order valence-corrected chi connectivity index (χ4v) is 5.37. The van der Waals surface area contributed by atoms with Crippen molar-refractivity contribution in [2.75, 3.05) is 0 Å². The Kier molecular flexibility index (Phi) is 4.38. The molecule has 0 N–H and O–H groups in total. The Balaban J connectivity index is 1.67. The van der Waals surface area contributed by atoms with Gasteiger partial charge in [0.05, 0.1) is 5.41 Å². The van der Waals surface area contributed by atoms with E-state index >= 15 is 0 Å². The zero-order chi connectivity index (χ0) is 20.0. The molecule has 0 aromatic heterocycles. The van der Waals surface area contributed by atoms with E-state index < -0.39 is 5.41 Å². The number of hydrogen-bond acceptors (Lipinski definition) is 2. The summed E-state index contributed by atoms with van der Waals surface area (Å²) in [6.07, 6.45) is 6.44. The van der Waals surface area contributed by atoms with E-state index in [1.165, 1.54) is 12.1 Å². The van der Waals surface area contributed by atoms with Gasteiger partial charge in [-0.2, -0.15) is 0 Å². The van der Waals surface area contributed by atoms with Crippen LogP contribution in [0.15, 0.2) is 65.4 Å². The fraction of sp³-hybridized carbons (Fsp3) is 0.320. The van der Waals surface area contributed by atoms with E-state index in [0.29, 0.717) is 42.6 Å². The molecule has 4 heteroatoms. The van der Waals surface area contributed by atoms with Crippen LogP contribution in [0.1, 0.15) is 55.6 Å². The van der Waals surface area contributed by atoms with Crippen LogP contribution in [0.5, 0.6) is 0 Å². The van der Waals surface area contributed by atoms with Gasteiger partial charge < -0.3 is 4.74 Å². The summed E-state index contributed by atoms with van der Waals surface area (Å²) in [6.45, 7) is 0. The van der Waals surface area contributed by atoms with Gasteiger partial charge in [-0.1, -0.05) is 49.2 Å². The number of rotatable bonds is 2. The summed E-state index contributed by atoms with van der Waals surface area (Å²) in [4.78, 5) is 13.2. The van der Waals surface area contributed by atoms with Gasteiger partial charge in [-0.25, -0.2) is 8.78 Å². The molecule has 1 fully saturated rings. The Labute approximate surface area is 168 Å². The number of esters is 1. The number of carbonyl (C=O) groups is 1. The Morgan fingerprint density at radius 3 is 2.34 bits per heavy atom. The van der Waals surface area contributed by atoms with Gasteiger partial charge in [0.1, 0.15) is 17.4 Å². The largest absolute Gasteiger partial charge is 0.426 e. The summed E-state index contributed by atoms with van der Waals surface area (Å²) in [5, 5.41) is 0. The first-order valence-corrected chi connectivity index (χ1v) is 10.3. The zero-order valence-electron chi connectivity index (χ0n) is 16.1. The minimum atomic E-state index is -0.686. The molecule has 0 radical (unpaired) electrons. The number of ether oxygens (including phenoxy) is 1. The topological polar surface area (TPSA) is 26.3 Å². The SMILES string of the molecule is O=C1OC2=C(CCC2=Cc2ccccc2F)C(c2ccccc2F)C12CCCC2. The minimum Gasteiger partial charge on any atom is -0.426 e. The number of carbonyl (C=O) groups excluding carboxylic acids is 1. The van der Waals surface area contributed by atoms with E-state index in [1.807, 2.05) is 6.07 Å². The molecular weight excluding hydrogens is 370 g/mol. The van der Waals surface area contributed by atoms with Crippen molar-refractivity contribution in [1.29, 1.82) is 0 Å². The molecular formula is C25H22F2O2. The number of benzene rings is 2. The monoisotopic (exact) mass is 392 g/mol. The summed E-state index contributed by atoms with van der Waals surface area (Å²) in [7, 11) is 0. The van der Waals surface area contributed by atoms with Crippen LogP contribution in [0.3, 0.4) is 0 Å². The number of allylic oxidation sites excluding steroid dienone is 2. The van der Waals surface area contributed by atoms with Crippen LogP contribution in [0.2, 0.25) is 0 Å². The molecule has 0 bridgehead atoms. The average Bonchev–Trinajstić information content (AvgIpc) is 3.35. The molecule has 0 amide bonds. The summed E-state index contributed by atoms with van der Waals surface area (Å²) in [5.41, 5.74) is 2.16. The molecule has 0 saturated heterocycles. The molecule has 3 aliphatic rings. The van der Waals surface area contributed by atoms with Crippen LogP contribution >= 0.6 is 0 Å². The standard InChI is InChI=1S/C25H22F2O2/c26-20-9-3-1-7-16(20)15-17-11-12-19-22(18-8-2-4-10-21(18)27)25(13-5-6-14-25)24(28)29-23(17)19/h1-4,7-10,15,22H,5-6,11-14H2. The van der Waals surface area contributed by atoms with Gasteiger partial charge in [0.25, 0.3) is 0 Å². The van der Waals surface area contributed by atoms with Crippen molar-refractivity contribution < 1.29 is 18.3 Å². The van der Waals surface area contributed by atoms with E-state index in [4.69, 9.17) is 4.74 Å².